The molecule has 0 saturated carbocycles. The summed E-state index contributed by atoms with van der Waals surface area (Å²) in [6, 6.07) is 2.09. The topological polar surface area (TPSA) is 15.3 Å². The van der Waals surface area contributed by atoms with Gasteiger partial charge >= 0.3 is 0 Å². The molecular weight excluding hydrogens is 216 g/mol. The van der Waals surface area contributed by atoms with Crippen molar-refractivity contribution in [2.45, 2.75) is 52.2 Å². The normalized spacial score (nSPS) is 29.6. The molecular formula is C13H28N2S. The molecule has 0 radical (unpaired) electrons. The highest BCUT2D eigenvalue weighted by atomic mass is 32.2. The van der Waals surface area contributed by atoms with Crippen LogP contribution in [0.15, 0.2) is 0 Å². The summed E-state index contributed by atoms with van der Waals surface area (Å²) in [6.07, 6.45) is 3.50. The summed E-state index contributed by atoms with van der Waals surface area (Å²) in [4.78, 5) is 2.68. The van der Waals surface area contributed by atoms with Crippen molar-refractivity contribution in [2.75, 3.05) is 25.1 Å². The predicted molar refractivity (Wildman–Crippen MR) is 75.3 cm³/mol. The molecule has 3 unspecified atom stereocenters. The quantitative estimate of drug-likeness (QED) is 0.800. The lowest BCUT2D eigenvalue weighted by molar-refractivity contribution is 0.102. The van der Waals surface area contributed by atoms with Crippen LogP contribution in [0.25, 0.3) is 0 Å². The van der Waals surface area contributed by atoms with Gasteiger partial charge in [-0.25, -0.2) is 0 Å². The first-order valence-electron chi connectivity index (χ1n) is 6.52. The molecule has 96 valence electrons. The van der Waals surface area contributed by atoms with E-state index < -0.39 is 0 Å². The fourth-order valence-electron chi connectivity index (χ4n) is 2.63. The molecule has 3 atom stereocenters. The van der Waals surface area contributed by atoms with E-state index in [1.54, 1.807) is 0 Å². The summed E-state index contributed by atoms with van der Waals surface area (Å²) in [6.45, 7) is 11.7. The summed E-state index contributed by atoms with van der Waals surface area (Å²) in [5.74, 6) is 2.04. The number of rotatable bonds is 5. The van der Waals surface area contributed by atoms with E-state index in [2.05, 4.69) is 44.2 Å². The Hall–Kier alpha value is 0.270. The predicted octanol–water partition coefficient (Wildman–Crippen LogP) is 2.45. The van der Waals surface area contributed by atoms with E-state index in [9.17, 15) is 0 Å². The standard InChI is InChI=1S/C13H28N2S/c1-10(2)6-13-8-15(11(3)7-14-13)12(4)9-16-5/h10-14H,6-9H2,1-5H3. The van der Waals surface area contributed by atoms with Crippen LogP contribution in [0.3, 0.4) is 0 Å². The number of hydrogen-bond acceptors (Lipinski definition) is 3. The van der Waals surface area contributed by atoms with Gasteiger partial charge in [0, 0.05) is 37.0 Å². The molecule has 0 aliphatic carbocycles. The Balaban J connectivity index is 2.47. The van der Waals surface area contributed by atoms with Crippen molar-refractivity contribution < 1.29 is 0 Å². The zero-order chi connectivity index (χ0) is 12.1. The molecule has 1 saturated heterocycles. The molecule has 1 N–H and O–H groups in total. The molecule has 0 aromatic rings. The second-order valence-electron chi connectivity index (χ2n) is 5.58. The van der Waals surface area contributed by atoms with Crippen LogP contribution in [-0.2, 0) is 0 Å². The van der Waals surface area contributed by atoms with Crippen LogP contribution in [0.2, 0.25) is 0 Å². The minimum absolute atomic E-state index is 0.686. The first kappa shape index (κ1) is 14.3. The van der Waals surface area contributed by atoms with Crippen LogP contribution in [0.1, 0.15) is 34.1 Å². The number of nitrogens with zero attached hydrogens (tertiary/aromatic N) is 1. The molecule has 1 rings (SSSR count). The van der Waals surface area contributed by atoms with Crippen LogP contribution in [-0.4, -0.2) is 48.1 Å². The third kappa shape index (κ3) is 4.27. The smallest absolute Gasteiger partial charge is 0.0198 e. The second-order valence-corrected chi connectivity index (χ2v) is 6.50. The lowest BCUT2D eigenvalue weighted by Gasteiger charge is -2.42. The zero-order valence-corrected chi connectivity index (χ0v) is 12.3. The molecule has 1 aliphatic heterocycles. The molecule has 0 aromatic carbocycles. The fourth-order valence-corrected chi connectivity index (χ4v) is 3.31. The summed E-state index contributed by atoms with van der Waals surface area (Å²) < 4.78 is 0. The Morgan fingerprint density at radius 3 is 2.62 bits per heavy atom. The van der Waals surface area contributed by atoms with E-state index in [-0.39, 0.29) is 0 Å². The molecule has 0 spiro atoms. The minimum Gasteiger partial charge on any atom is -0.311 e. The maximum absolute atomic E-state index is 3.68. The summed E-state index contributed by atoms with van der Waals surface area (Å²) >= 11 is 1.96. The molecule has 1 heterocycles. The largest absolute Gasteiger partial charge is 0.311 e. The van der Waals surface area contributed by atoms with Gasteiger partial charge in [-0.1, -0.05) is 13.8 Å². The number of nitrogens with one attached hydrogen (secondary N) is 1. The SMILES string of the molecule is CSCC(C)N1CC(CC(C)C)NCC1C. The number of piperazine rings is 1. The minimum atomic E-state index is 0.686. The lowest BCUT2D eigenvalue weighted by Crippen LogP contribution is -2.58. The van der Waals surface area contributed by atoms with Crippen LogP contribution in [0.4, 0.5) is 0 Å². The number of hydrogen-bond donors (Lipinski definition) is 1. The maximum atomic E-state index is 3.68. The van der Waals surface area contributed by atoms with Gasteiger partial charge in [-0.3, -0.25) is 4.90 Å². The summed E-state index contributed by atoms with van der Waals surface area (Å²) in [5.41, 5.74) is 0. The van der Waals surface area contributed by atoms with Crippen molar-refractivity contribution in [1.82, 2.24) is 10.2 Å². The van der Waals surface area contributed by atoms with E-state index in [0.29, 0.717) is 18.1 Å². The molecule has 16 heavy (non-hydrogen) atoms. The Kier molecular flexibility index (Phi) is 6.16. The van der Waals surface area contributed by atoms with E-state index in [1.165, 1.54) is 18.7 Å². The second kappa shape index (κ2) is 6.87. The van der Waals surface area contributed by atoms with E-state index in [0.717, 1.165) is 12.5 Å². The van der Waals surface area contributed by atoms with Gasteiger partial charge in [-0.15, -0.1) is 0 Å². The lowest BCUT2D eigenvalue weighted by atomic mass is 9.99. The van der Waals surface area contributed by atoms with E-state index in [4.69, 9.17) is 0 Å². The van der Waals surface area contributed by atoms with Gasteiger partial charge < -0.3 is 5.32 Å². The third-order valence-corrected chi connectivity index (χ3v) is 4.24. The van der Waals surface area contributed by atoms with E-state index >= 15 is 0 Å². The van der Waals surface area contributed by atoms with Gasteiger partial charge in [-0.05, 0) is 32.4 Å². The maximum Gasteiger partial charge on any atom is 0.0198 e. The van der Waals surface area contributed by atoms with Gasteiger partial charge in [-0.2, -0.15) is 11.8 Å². The first-order valence-corrected chi connectivity index (χ1v) is 7.92. The van der Waals surface area contributed by atoms with Crippen LogP contribution < -0.4 is 5.32 Å². The van der Waals surface area contributed by atoms with Crippen LogP contribution in [0.5, 0.6) is 0 Å². The molecule has 0 bridgehead atoms. The van der Waals surface area contributed by atoms with Crippen LogP contribution in [0, 0.1) is 5.92 Å². The van der Waals surface area contributed by atoms with E-state index in [1.807, 2.05) is 11.8 Å². The van der Waals surface area contributed by atoms with Crippen molar-refractivity contribution in [2.24, 2.45) is 5.92 Å². The van der Waals surface area contributed by atoms with Crippen molar-refractivity contribution in [3.63, 3.8) is 0 Å². The fraction of sp³-hybridized carbons (Fsp3) is 1.00. The highest BCUT2D eigenvalue weighted by Crippen LogP contribution is 2.17. The Labute approximate surface area is 106 Å². The molecule has 0 amide bonds. The average molecular weight is 244 g/mol. The van der Waals surface area contributed by atoms with Crippen molar-refractivity contribution >= 4 is 11.8 Å². The molecule has 3 heteroatoms. The van der Waals surface area contributed by atoms with Gasteiger partial charge in [0.05, 0.1) is 0 Å². The van der Waals surface area contributed by atoms with Crippen LogP contribution >= 0.6 is 11.8 Å². The van der Waals surface area contributed by atoms with Gasteiger partial charge in [0.25, 0.3) is 0 Å². The molecule has 2 nitrogen and oxygen atoms in total. The van der Waals surface area contributed by atoms with Gasteiger partial charge in [0.1, 0.15) is 0 Å². The summed E-state index contributed by atoms with van der Waals surface area (Å²) in [7, 11) is 0. The van der Waals surface area contributed by atoms with Gasteiger partial charge in [0.15, 0.2) is 0 Å². The molecule has 1 aliphatic rings. The molecule has 0 aromatic heterocycles. The van der Waals surface area contributed by atoms with Gasteiger partial charge in [0.2, 0.25) is 0 Å². The monoisotopic (exact) mass is 244 g/mol. The van der Waals surface area contributed by atoms with Crippen molar-refractivity contribution in [3.05, 3.63) is 0 Å². The van der Waals surface area contributed by atoms with Crippen molar-refractivity contribution in [1.29, 1.82) is 0 Å². The third-order valence-electron chi connectivity index (χ3n) is 3.43. The Bertz CT molecular complexity index is 196. The Morgan fingerprint density at radius 1 is 1.38 bits per heavy atom. The Morgan fingerprint density at radius 2 is 2.06 bits per heavy atom. The zero-order valence-electron chi connectivity index (χ0n) is 11.5. The average Bonchev–Trinajstić information content (AvgIpc) is 2.20. The molecule has 1 fully saturated rings. The number of thioether (sulfide) groups is 1. The van der Waals surface area contributed by atoms with Crippen molar-refractivity contribution in [3.8, 4) is 0 Å². The highest BCUT2D eigenvalue weighted by Gasteiger charge is 2.28. The first-order chi connectivity index (χ1) is 7.54. The highest BCUT2D eigenvalue weighted by molar-refractivity contribution is 7.98. The summed E-state index contributed by atoms with van der Waals surface area (Å²) in [5, 5.41) is 3.68.